The molecule has 1 heterocycles. The molecule has 0 spiro atoms. The van der Waals surface area contributed by atoms with E-state index in [0.29, 0.717) is 0 Å². The summed E-state index contributed by atoms with van der Waals surface area (Å²) in [4.78, 5) is 46.3. The van der Waals surface area contributed by atoms with E-state index < -0.39 is 36.6 Å². The van der Waals surface area contributed by atoms with Crippen LogP contribution < -0.4 is 10.6 Å². The molecule has 2 atom stereocenters. The summed E-state index contributed by atoms with van der Waals surface area (Å²) in [6, 6.07) is -2.92. The molecular weight excluding hydrogens is 270 g/mol. The first-order valence-corrected chi connectivity index (χ1v) is 6.08. The Morgan fingerprint density at radius 2 is 2.10 bits per heavy atom. The molecule has 9 heteroatoms. The zero-order valence-electron chi connectivity index (χ0n) is 11.0. The lowest BCUT2D eigenvalue weighted by atomic mass is 10.1. The molecule has 1 fully saturated rings. The average molecular weight is 287 g/mol. The summed E-state index contributed by atoms with van der Waals surface area (Å²) in [5.74, 6) is -2.14. The van der Waals surface area contributed by atoms with Crippen LogP contribution in [0.5, 0.6) is 0 Å². The van der Waals surface area contributed by atoms with Crippen molar-refractivity contribution < 1.29 is 29.4 Å². The van der Waals surface area contributed by atoms with Crippen LogP contribution in [0.3, 0.4) is 0 Å². The topological polar surface area (TPSA) is 136 Å². The lowest BCUT2D eigenvalue weighted by Crippen LogP contribution is -2.56. The summed E-state index contributed by atoms with van der Waals surface area (Å²) < 4.78 is 0. The molecule has 0 aliphatic carbocycles. The van der Waals surface area contributed by atoms with Crippen molar-refractivity contribution in [1.82, 2.24) is 15.5 Å². The monoisotopic (exact) mass is 287 g/mol. The molecule has 1 saturated heterocycles. The third kappa shape index (κ3) is 3.92. The number of aliphatic hydroxyl groups is 1. The highest BCUT2D eigenvalue weighted by Gasteiger charge is 2.33. The number of piperidine rings is 1. The van der Waals surface area contributed by atoms with Gasteiger partial charge in [0.2, 0.25) is 5.91 Å². The Kier molecular flexibility index (Phi) is 5.44. The Hall–Kier alpha value is -2.16. The normalized spacial score (nSPS) is 20.5. The highest BCUT2D eigenvalue weighted by molar-refractivity contribution is 6.01. The van der Waals surface area contributed by atoms with Gasteiger partial charge in [-0.3, -0.25) is 14.5 Å². The molecule has 0 radical (unpaired) electrons. The molecule has 0 saturated carbocycles. The van der Waals surface area contributed by atoms with E-state index in [1.165, 1.54) is 7.05 Å². The van der Waals surface area contributed by atoms with Gasteiger partial charge in [-0.05, 0) is 6.42 Å². The van der Waals surface area contributed by atoms with Gasteiger partial charge in [-0.2, -0.15) is 0 Å². The van der Waals surface area contributed by atoms with Gasteiger partial charge in [0.15, 0.2) is 0 Å². The molecule has 1 aliphatic rings. The van der Waals surface area contributed by atoms with Gasteiger partial charge in [0.1, 0.15) is 12.1 Å². The predicted molar refractivity (Wildman–Crippen MR) is 65.6 cm³/mol. The third-order valence-electron chi connectivity index (χ3n) is 2.98. The minimum absolute atomic E-state index is 0.131. The zero-order chi connectivity index (χ0) is 15.3. The summed E-state index contributed by atoms with van der Waals surface area (Å²) >= 11 is 0. The number of likely N-dealkylation sites (N-methyl/N-ethyl adjacent to an activating group) is 1. The minimum atomic E-state index is -1.28. The molecule has 4 N–H and O–H groups in total. The number of nitrogens with zero attached hydrogens (tertiary/aromatic N) is 1. The van der Waals surface area contributed by atoms with Gasteiger partial charge in [-0.1, -0.05) is 0 Å². The number of likely N-dealkylation sites (tertiary alicyclic amines) is 1. The number of nitrogens with one attached hydrogen (secondary N) is 2. The van der Waals surface area contributed by atoms with Crippen molar-refractivity contribution in [2.75, 3.05) is 13.7 Å². The second-order valence-corrected chi connectivity index (χ2v) is 4.40. The molecule has 0 aromatic rings. The second-order valence-electron chi connectivity index (χ2n) is 4.40. The molecular formula is C11H17N3O6. The molecule has 1 rings (SSSR count). The number of carbonyl (C=O) groups excluding carboxylic acids is 3. The smallest absolute Gasteiger partial charge is 0.326 e. The number of aliphatic hydroxyl groups excluding tert-OH is 1. The van der Waals surface area contributed by atoms with Crippen LogP contribution in [0.1, 0.15) is 19.3 Å². The summed E-state index contributed by atoms with van der Waals surface area (Å²) in [5.41, 5.74) is 0. The largest absolute Gasteiger partial charge is 0.480 e. The van der Waals surface area contributed by atoms with Crippen molar-refractivity contribution in [2.24, 2.45) is 0 Å². The first-order chi connectivity index (χ1) is 9.36. The Morgan fingerprint density at radius 3 is 2.65 bits per heavy atom. The van der Waals surface area contributed by atoms with Crippen LogP contribution in [0, 0.1) is 0 Å². The van der Waals surface area contributed by atoms with E-state index >= 15 is 0 Å². The van der Waals surface area contributed by atoms with E-state index in [2.05, 4.69) is 10.6 Å². The van der Waals surface area contributed by atoms with Gasteiger partial charge in [0, 0.05) is 26.5 Å². The number of carbonyl (C=O) groups is 4. The quantitative estimate of drug-likeness (QED) is 0.443. The van der Waals surface area contributed by atoms with Gasteiger partial charge in [-0.25, -0.2) is 9.59 Å². The number of amides is 4. The molecule has 20 heavy (non-hydrogen) atoms. The number of hydrogen-bond donors (Lipinski definition) is 4. The van der Waals surface area contributed by atoms with E-state index in [4.69, 9.17) is 10.2 Å². The molecule has 0 aromatic heterocycles. The molecule has 9 nitrogen and oxygen atoms in total. The molecule has 1 aliphatic heterocycles. The maximum absolute atomic E-state index is 11.7. The van der Waals surface area contributed by atoms with Crippen LogP contribution in [0.15, 0.2) is 0 Å². The summed E-state index contributed by atoms with van der Waals surface area (Å²) in [5, 5.41) is 22.0. The molecule has 4 amide bonds. The minimum Gasteiger partial charge on any atom is -0.480 e. The van der Waals surface area contributed by atoms with Crippen LogP contribution in [-0.4, -0.2) is 64.7 Å². The highest BCUT2D eigenvalue weighted by Crippen LogP contribution is 2.11. The van der Waals surface area contributed by atoms with Crippen molar-refractivity contribution in [3.63, 3.8) is 0 Å². The van der Waals surface area contributed by atoms with Crippen molar-refractivity contribution >= 4 is 23.8 Å². The Bertz CT molecular complexity index is 424. The number of rotatable bonds is 5. The fourth-order valence-corrected chi connectivity index (χ4v) is 1.79. The van der Waals surface area contributed by atoms with Gasteiger partial charge in [0.25, 0.3) is 5.91 Å². The van der Waals surface area contributed by atoms with E-state index in [1.54, 1.807) is 0 Å². The maximum Gasteiger partial charge on any atom is 0.326 e. The van der Waals surface area contributed by atoms with Crippen LogP contribution in [0.2, 0.25) is 0 Å². The second kappa shape index (κ2) is 6.85. The van der Waals surface area contributed by atoms with Crippen molar-refractivity contribution in [2.45, 2.75) is 31.3 Å². The number of carboxylic acids is 1. The van der Waals surface area contributed by atoms with E-state index in [0.717, 1.165) is 4.90 Å². The number of urea groups is 1. The lowest BCUT2D eigenvalue weighted by Gasteiger charge is -2.28. The molecule has 1 unspecified atom stereocenters. The number of aliphatic carboxylic acids is 1. The van der Waals surface area contributed by atoms with Gasteiger partial charge >= 0.3 is 12.0 Å². The molecule has 0 aromatic carbocycles. The summed E-state index contributed by atoms with van der Waals surface area (Å²) in [6.45, 7) is -0.392. The first kappa shape index (κ1) is 15.9. The van der Waals surface area contributed by atoms with Crippen LogP contribution >= 0.6 is 0 Å². The Balaban J connectivity index is 2.55. The van der Waals surface area contributed by atoms with E-state index in [9.17, 15) is 19.2 Å². The van der Waals surface area contributed by atoms with Crippen molar-refractivity contribution in [1.29, 1.82) is 0 Å². The summed E-state index contributed by atoms with van der Waals surface area (Å²) in [6.07, 6.45) is 0.166. The number of carboxylic acid groups (broad SMARTS) is 1. The SMILES string of the molecule is CN1C(=O)CCC(NC(=O)N[C@H](CCO)C(=O)O)C1=O. The highest BCUT2D eigenvalue weighted by atomic mass is 16.4. The lowest BCUT2D eigenvalue weighted by molar-refractivity contribution is -0.147. The number of hydrogen-bond acceptors (Lipinski definition) is 5. The van der Waals surface area contributed by atoms with Crippen molar-refractivity contribution in [3.8, 4) is 0 Å². The molecule has 0 bridgehead atoms. The van der Waals surface area contributed by atoms with Gasteiger partial charge in [0.05, 0.1) is 0 Å². The standard InChI is InChI=1S/C11H17N3O6/c1-14-8(16)3-2-6(9(14)17)12-11(20)13-7(4-5-15)10(18)19/h6-7,15H,2-5H2,1H3,(H,18,19)(H2,12,13,20)/t6?,7-/m1/s1. The average Bonchev–Trinajstić information content (AvgIpc) is 2.39. The number of imide groups is 1. The Labute approximate surface area is 114 Å². The van der Waals surface area contributed by atoms with Crippen LogP contribution in [0.25, 0.3) is 0 Å². The van der Waals surface area contributed by atoms with E-state index in [1.807, 2.05) is 0 Å². The van der Waals surface area contributed by atoms with Crippen LogP contribution in [-0.2, 0) is 14.4 Å². The fourth-order valence-electron chi connectivity index (χ4n) is 1.79. The Morgan fingerprint density at radius 1 is 1.45 bits per heavy atom. The van der Waals surface area contributed by atoms with Crippen molar-refractivity contribution in [3.05, 3.63) is 0 Å². The molecule has 112 valence electrons. The predicted octanol–water partition coefficient (Wildman–Crippen LogP) is -1.73. The third-order valence-corrected chi connectivity index (χ3v) is 2.98. The maximum atomic E-state index is 11.7. The van der Waals surface area contributed by atoms with Crippen LogP contribution in [0.4, 0.5) is 4.79 Å². The zero-order valence-corrected chi connectivity index (χ0v) is 11.0. The first-order valence-electron chi connectivity index (χ1n) is 6.08. The fraction of sp³-hybridized carbons (Fsp3) is 0.636. The van der Waals surface area contributed by atoms with E-state index in [-0.39, 0.29) is 25.2 Å². The van der Waals surface area contributed by atoms with Gasteiger partial charge in [-0.15, -0.1) is 0 Å². The summed E-state index contributed by atoms with van der Waals surface area (Å²) in [7, 11) is 1.32. The van der Waals surface area contributed by atoms with Gasteiger partial charge < -0.3 is 20.8 Å².